The summed E-state index contributed by atoms with van der Waals surface area (Å²) < 4.78 is 6.62. The smallest absolute Gasteiger partial charge is 0.328 e. The normalized spacial score (nSPS) is 17.3. The molecule has 1 fully saturated rings. The zero-order chi connectivity index (χ0) is 29.7. The molecule has 2 aromatic rings. The molecule has 0 amide bonds. The molecule has 13 heteroatoms. The molecule has 1 saturated heterocycles. The van der Waals surface area contributed by atoms with E-state index in [1.54, 1.807) is 10.4 Å². The zero-order valence-corrected chi connectivity index (χ0v) is 24.1. The van der Waals surface area contributed by atoms with Crippen molar-refractivity contribution in [3.8, 4) is 0 Å². The van der Waals surface area contributed by atoms with Gasteiger partial charge in [-0.3, -0.25) is 4.90 Å². The van der Waals surface area contributed by atoms with Crippen LogP contribution in [0.4, 0.5) is 0 Å². The largest absolute Gasteiger partial charge is 0.478 e. The minimum absolute atomic E-state index is 0.488. The molecule has 1 aromatic heterocycles. The summed E-state index contributed by atoms with van der Waals surface area (Å²) in [7, 11) is 2.23. The van der Waals surface area contributed by atoms with E-state index in [4.69, 9.17) is 25.2 Å². The highest BCUT2D eigenvalue weighted by Crippen LogP contribution is 2.38. The van der Waals surface area contributed by atoms with Crippen molar-refractivity contribution in [1.29, 1.82) is 0 Å². The van der Waals surface area contributed by atoms with Crippen LogP contribution >= 0.6 is 27.3 Å². The molecule has 4 rings (SSSR count). The van der Waals surface area contributed by atoms with Gasteiger partial charge in [0.15, 0.2) is 0 Å². The third-order valence-corrected chi connectivity index (χ3v) is 7.32. The van der Waals surface area contributed by atoms with E-state index >= 15 is 0 Å². The Bertz CT molecular complexity index is 1160. The van der Waals surface area contributed by atoms with E-state index in [1.807, 2.05) is 11.3 Å². The van der Waals surface area contributed by atoms with Crippen molar-refractivity contribution >= 4 is 51.1 Å². The minimum atomic E-state index is -1.26. The molecule has 11 nitrogen and oxygen atoms in total. The number of nitrogens with zero attached hydrogens (tertiary/aromatic N) is 2. The highest BCUT2D eigenvalue weighted by molar-refractivity contribution is 9.10. The van der Waals surface area contributed by atoms with Crippen molar-refractivity contribution in [1.82, 2.24) is 9.80 Å². The van der Waals surface area contributed by atoms with Crippen LogP contribution in [0.25, 0.3) is 0 Å². The van der Waals surface area contributed by atoms with Gasteiger partial charge in [0.05, 0.1) is 13.2 Å². The van der Waals surface area contributed by atoms with E-state index < -0.39 is 23.9 Å². The average Bonchev–Trinajstić information content (AvgIpc) is 3.29. The lowest BCUT2D eigenvalue weighted by Gasteiger charge is -2.30. The first-order valence-electron chi connectivity index (χ1n) is 12.1. The molecule has 216 valence electrons. The van der Waals surface area contributed by atoms with Gasteiger partial charge >= 0.3 is 23.9 Å². The van der Waals surface area contributed by atoms with Gasteiger partial charge in [-0.15, -0.1) is 11.3 Å². The van der Waals surface area contributed by atoms with Gasteiger partial charge < -0.3 is 30.1 Å². The number of carboxylic acid groups (broad SMARTS) is 4. The zero-order valence-electron chi connectivity index (χ0n) is 21.7. The van der Waals surface area contributed by atoms with Crippen LogP contribution in [0.2, 0.25) is 0 Å². The highest BCUT2D eigenvalue weighted by atomic mass is 79.9. The van der Waals surface area contributed by atoms with Gasteiger partial charge in [-0.05, 0) is 36.4 Å². The van der Waals surface area contributed by atoms with Crippen molar-refractivity contribution in [3.63, 3.8) is 0 Å². The van der Waals surface area contributed by atoms with E-state index in [0.29, 0.717) is 30.2 Å². The van der Waals surface area contributed by atoms with Gasteiger partial charge in [0.25, 0.3) is 0 Å². The van der Waals surface area contributed by atoms with Crippen LogP contribution in [0.5, 0.6) is 0 Å². The van der Waals surface area contributed by atoms with Crippen LogP contribution < -0.4 is 0 Å². The lowest BCUT2D eigenvalue weighted by Crippen LogP contribution is -2.35. The predicted molar refractivity (Wildman–Crippen MR) is 152 cm³/mol. The summed E-state index contributed by atoms with van der Waals surface area (Å²) in [6.07, 6.45) is 2.23. The highest BCUT2D eigenvalue weighted by Gasteiger charge is 2.27. The number of halogens is 1. The topological polar surface area (TPSA) is 165 Å². The second-order valence-electron chi connectivity index (χ2n) is 8.80. The van der Waals surface area contributed by atoms with E-state index in [0.717, 1.165) is 50.4 Å². The third-order valence-electron chi connectivity index (χ3n) is 5.67. The SMILES string of the molecule is CN1Cc2sc(CN3CCOCC3)cc2C(c2ccc(Br)cc2)C1.O=C(O)C=CC(=O)O.O=C(O)C=CC(=O)O. The maximum absolute atomic E-state index is 9.55. The summed E-state index contributed by atoms with van der Waals surface area (Å²) in [5.41, 5.74) is 2.96. The Kier molecular flexibility index (Phi) is 13.7. The Morgan fingerprint density at radius 2 is 1.43 bits per heavy atom. The van der Waals surface area contributed by atoms with Crippen LogP contribution in [0.15, 0.2) is 59.1 Å². The molecule has 1 unspecified atom stereocenters. The lowest BCUT2D eigenvalue weighted by molar-refractivity contribution is -0.134. The second kappa shape index (κ2) is 16.7. The second-order valence-corrected chi connectivity index (χ2v) is 10.9. The number of morpholine rings is 1. The number of rotatable bonds is 7. The molecule has 0 bridgehead atoms. The number of fused-ring (bicyclic) bond motifs is 1. The van der Waals surface area contributed by atoms with Gasteiger partial charge in [-0.25, -0.2) is 19.2 Å². The number of likely N-dealkylation sites (N-methyl/N-ethyl adjacent to an activating group) is 1. The fraction of sp³-hybridized carbons (Fsp3) is 0.333. The summed E-state index contributed by atoms with van der Waals surface area (Å²) in [5.74, 6) is -4.54. The van der Waals surface area contributed by atoms with Gasteiger partial charge in [0.1, 0.15) is 0 Å². The van der Waals surface area contributed by atoms with Crippen LogP contribution in [-0.4, -0.2) is 94.0 Å². The van der Waals surface area contributed by atoms with E-state index in [2.05, 4.69) is 63.1 Å². The molecular weight excluding hydrogens is 608 g/mol. The molecule has 1 aromatic carbocycles. The summed E-state index contributed by atoms with van der Waals surface area (Å²) in [6, 6.07) is 11.3. The fourth-order valence-electron chi connectivity index (χ4n) is 3.96. The molecule has 0 aliphatic carbocycles. The molecular formula is C27H31BrN2O9S. The summed E-state index contributed by atoms with van der Waals surface area (Å²) in [6.45, 7) is 7.10. The number of carbonyl (C=O) groups is 4. The molecule has 40 heavy (non-hydrogen) atoms. The summed E-state index contributed by atoms with van der Waals surface area (Å²) in [4.78, 5) is 46.2. The number of aliphatic carboxylic acids is 4. The Balaban J connectivity index is 0.000000290. The van der Waals surface area contributed by atoms with E-state index in [1.165, 1.54) is 10.4 Å². The molecule has 2 aliphatic rings. The number of hydrogen-bond acceptors (Lipinski definition) is 8. The Morgan fingerprint density at radius 1 is 0.925 bits per heavy atom. The lowest BCUT2D eigenvalue weighted by atomic mass is 9.88. The van der Waals surface area contributed by atoms with Crippen LogP contribution in [0, 0.1) is 0 Å². The van der Waals surface area contributed by atoms with Crippen molar-refractivity contribution in [2.75, 3.05) is 39.9 Å². The molecule has 0 radical (unpaired) electrons. The number of thiophene rings is 1. The molecule has 3 heterocycles. The van der Waals surface area contributed by atoms with Crippen molar-refractivity contribution in [3.05, 3.63) is 80.0 Å². The Hall–Kier alpha value is -3.36. The maximum atomic E-state index is 9.55. The summed E-state index contributed by atoms with van der Waals surface area (Å²) in [5, 5.41) is 31.2. The van der Waals surface area contributed by atoms with Gasteiger partial charge in [0.2, 0.25) is 0 Å². The Morgan fingerprint density at radius 3 is 1.90 bits per heavy atom. The number of carboxylic acids is 4. The first-order chi connectivity index (χ1) is 18.9. The quantitative estimate of drug-likeness (QED) is 0.329. The fourth-order valence-corrected chi connectivity index (χ4v) is 5.58. The first kappa shape index (κ1) is 32.8. The average molecular weight is 640 g/mol. The van der Waals surface area contributed by atoms with Gasteiger partial charge in [-0.2, -0.15) is 0 Å². The monoisotopic (exact) mass is 638 g/mol. The third kappa shape index (κ3) is 12.2. The van der Waals surface area contributed by atoms with Gasteiger partial charge in [0, 0.05) is 77.2 Å². The molecule has 1 atom stereocenters. The molecule has 0 spiro atoms. The molecule has 2 aliphatic heterocycles. The summed E-state index contributed by atoms with van der Waals surface area (Å²) >= 11 is 5.55. The van der Waals surface area contributed by atoms with E-state index in [-0.39, 0.29) is 0 Å². The van der Waals surface area contributed by atoms with Crippen molar-refractivity contribution < 1.29 is 44.3 Å². The minimum Gasteiger partial charge on any atom is -0.478 e. The molecule has 4 N–H and O–H groups in total. The van der Waals surface area contributed by atoms with Gasteiger partial charge in [-0.1, -0.05) is 28.1 Å². The van der Waals surface area contributed by atoms with Crippen LogP contribution in [0.3, 0.4) is 0 Å². The maximum Gasteiger partial charge on any atom is 0.328 e. The van der Waals surface area contributed by atoms with Crippen LogP contribution in [0.1, 0.15) is 26.8 Å². The van der Waals surface area contributed by atoms with Crippen molar-refractivity contribution in [2.24, 2.45) is 0 Å². The number of hydrogen-bond donors (Lipinski definition) is 4. The first-order valence-corrected chi connectivity index (χ1v) is 13.7. The number of benzene rings is 1. The number of ether oxygens (including phenoxy) is 1. The predicted octanol–water partition coefficient (Wildman–Crippen LogP) is 3.34. The standard InChI is InChI=1S/C19H23BrN2OS.2C4H4O4/c1-21-12-18(14-2-4-15(20)5-3-14)17-10-16(24-19(17)13-21)11-22-6-8-23-9-7-22;2*5-3(6)1-2-4(7)8/h2-5,10,18H,6-9,11-13H2,1H3;2*1-2H,(H,5,6)(H,7,8). The van der Waals surface area contributed by atoms with E-state index in [9.17, 15) is 19.2 Å². The Labute approximate surface area is 243 Å². The van der Waals surface area contributed by atoms with Crippen LogP contribution in [-0.2, 0) is 37.0 Å². The van der Waals surface area contributed by atoms with Crippen molar-refractivity contribution in [2.45, 2.75) is 19.0 Å². The molecule has 0 saturated carbocycles.